The molecule has 0 rings (SSSR count). The van der Waals surface area contributed by atoms with Crippen molar-refractivity contribution in [2.24, 2.45) is 0 Å². The summed E-state index contributed by atoms with van der Waals surface area (Å²) in [6.45, 7) is 8.00. The molecule has 0 radical (unpaired) electrons. The molecule has 0 atom stereocenters. The first-order valence-electron chi connectivity index (χ1n) is 2.98. The molecule has 0 nitrogen and oxygen atoms in total. The average molecular weight is 396 g/mol. The molecule has 0 spiro atoms. The number of hydrogen-bond acceptors (Lipinski definition) is 0. The first kappa shape index (κ1) is 37.6. The molecule has 84 valence electrons. The molecule has 4 heteroatoms. The summed E-state index contributed by atoms with van der Waals surface area (Å²) in [4.78, 5) is 0. The fourth-order valence-corrected chi connectivity index (χ4v) is 0. The van der Waals surface area contributed by atoms with Crippen LogP contribution >= 0.6 is 0 Å². The first-order chi connectivity index (χ1) is 3.83. The van der Waals surface area contributed by atoms with Crippen molar-refractivity contribution in [3.8, 4) is 0 Å². The van der Waals surface area contributed by atoms with Crippen molar-refractivity contribution in [1.29, 1.82) is 0 Å². The molecule has 0 aliphatic carbocycles. The van der Waals surface area contributed by atoms with Gasteiger partial charge in [0.25, 0.3) is 0 Å². The molecule has 0 aliphatic heterocycles. The molecule has 12 heavy (non-hydrogen) atoms. The van der Waals surface area contributed by atoms with Crippen LogP contribution in [0.2, 0.25) is 0 Å². The van der Waals surface area contributed by atoms with Gasteiger partial charge < -0.3 is 24.8 Å². The van der Waals surface area contributed by atoms with E-state index in [1.807, 2.05) is 52.0 Å². The van der Waals surface area contributed by atoms with Crippen LogP contribution in [0.25, 0.3) is 0 Å². The summed E-state index contributed by atoms with van der Waals surface area (Å²) < 4.78 is 0. The van der Waals surface area contributed by atoms with Crippen molar-refractivity contribution in [2.45, 2.75) is 27.7 Å². The largest absolute Gasteiger partial charge is 1.00 e. The number of halogens is 2. The van der Waals surface area contributed by atoms with Gasteiger partial charge in [-0.05, 0) is 27.7 Å². The molecular formula is C8H16Cl2Pd2-2. The summed E-state index contributed by atoms with van der Waals surface area (Å²) in [6.07, 6.45) is 8.00. The van der Waals surface area contributed by atoms with Gasteiger partial charge in [0, 0.05) is 40.8 Å². The van der Waals surface area contributed by atoms with E-state index >= 15 is 0 Å². The second-order valence-electron chi connectivity index (χ2n) is 1.33. The van der Waals surface area contributed by atoms with Gasteiger partial charge in [-0.25, -0.2) is 0 Å². The third-order valence-electron chi connectivity index (χ3n) is 0.667. The van der Waals surface area contributed by atoms with Gasteiger partial charge in [-0.15, -0.1) is 0 Å². The van der Waals surface area contributed by atoms with E-state index in [4.69, 9.17) is 0 Å². The Morgan fingerprint density at radius 3 is 0.583 bits per heavy atom. The number of rotatable bonds is 0. The Morgan fingerprint density at radius 1 is 0.500 bits per heavy atom. The van der Waals surface area contributed by atoms with E-state index in [0.29, 0.717) is 0 Å². The quantitative estimate of drug-likeness (QED) is 0.306. The Kier molecular flexibility index (Phi) is 174. The van der Waals surface area contributed by atoms with Crippen LogP contribution < -0.4 is 24.8 Å². The van der Waals surface area contributed by atoms with Crippen LogP contribution in [0, 0.1) is 0 Å². The van der Waals surface area contributed by atoms with Crippen molar-refractivity contribution in [3.63, 3.8) is 0 Å². The van der Waals surface area contributed by atoms with Gasteiger partial charge in [-0.2, -0.15) is 0 Å². The van der Waals surface area contributed by atoms with E-state index in [-0.39, 0.29) is 65.7 Å². The van der Waals surface area contributed by atoms with Gasteiger partial charge in [-0.3, -0.25) is 0 Å². The number of hydrogen-bond donors (Lipinski definition) is 0. The molecule has 0 aromatic rings. The third-order valence-corrected chi connectivity index (χ3v) is 0.667. The van der Waals surface area contributed by atoms with Gasteiger partial charge in [0.1, 0.15) is 0 Å². The average Bonchev–Trinajstić information content (AvgIpc) is 1.88. The molecule has 0 fully saturated rings. The van der Waals surface area contributed by atoms with Gasteiger partial charge in [-0.1, -0.05) is 24.3 Å². The molecule has 0 N–H and O–H groups in total. The minimum Gasteiger partial charge on any atom is -1.00 e. The first-order valence-corrected chi connectivity index (χ1v) is 2.98. The Morgan fingerprint density at radius 2 is 0.583 bits per heavy atom. The molecule has 0 bridgehead atoms. The maximum atomic E-state index is 2.00. The predicted octanol–water partition coefficient (Wildman–Crippen LogP) is -2.83. The number of allylic oxidation sites excluding steroid dienone is 4. The topological polar surface area (TPSA) is 0 Å². The molecule has 0 aromatic carbocycles. The van der Waals surface area contributed by atoms with Crippen molar-refractivity contribution in [2.75, 3.05) is 0 Å². The maximum absolute atomic E-state index is 2.00. The van der Waals surface area contributed by atoms with Crippen LogP contribution in [-0.2, 0) is 40.8 Å². The van der Waals surface area contributed by atoms with Gasteiger partial charge in [0.05, 0.1) is 0 Å². The predicted molar refractivity (Wildman–Crippen MR) is 41.0 cm³/mol. The second kappa shape index (κ2) is 55.4. The normalized spacial score (nSPS) is 6.33. The van der Waals surface area contributed by atoms with Crippen molar-refractivity contribution in [3.05, 3.63) is 24.3 Å². The van der Waals surface area contributed by atoms with E-state index in [1.54, 1.807) is 0 Å². The summed E-state index contributed by atoms with van der Waals surface area (Å²) in [5, 5.41) is 0. The molecular weight excluding hydrogens is 380 g/mol. The Balaban J connectivity index is -0.0000000112. The van der Waals surface area contributed by atoms with Gasteiger partial charge in [0.15, 0.2) is 0 Å². The molecule has 0 heterocycles. The summed E-state index contributed by atoms with van der Waals surface area (Å²) in [6, 6.07) is 0. The van der Waals surface area contributed by atoms with Crippen molar-refractivity contribution < 1.29 is 65.7 Å². The standard InChI is InChI=1S/2C4H8.2ClH.2Pd/c2*1-3-4-2;;;;/h2*3-4H,1-2H3;2*1H;;/p-2/b2*4-3+;;;;. The summed E-state index contributed by atoms with van der Waals surface area (Å²) in [7, 11) is 0. The SMILES string of the molecule is C/C=C/C.C/C=C/C.[Cl-].[Cl-].[Pd].[Pd]. The van der Waals surface area contributed by atoms with Crippen molar-refractivity contribution in [1.82, 2.24) is 0 Å². The minimum absolute atomic E-state index is 0. The smallest absolute Gasteiger partial charge is 0 e. The molecule has 0 amide bonds. The fourth-order valence-electron chi connectivity index (χ4n) is 0. The summed E-state index contributed by atoms with van der Waals surface area (Å²) >= 11 is 0. The van der Waals surface area contributed by atoms with Gasteiger partial charge >= 0.3 is 0 Å². The zero-order chi connectivity index (χ0) is 6.83. The molecule has 0 saturated carbocycles. The molecule has 0 saturated heterocycles. The Hall–Kier alpha value is 1.38. The monoisotopic (exact) mass is 394 g/mol. The molecule has 0 aromatic heterocycles. The Labute approximate surface area is 117 Å². The minimum atomic E-state index is 0. The van der Waals surface area contributed by atoms with Crippen LogP contribution in [-0.4, -0.2) is 0 Å². The van der Waals surface area contributed by atoms with E-state index in [9.17, 15) is 0 Å². The maximum Gasteiger partial charge on any atom is 0 e. The van der Waals surface area contributed by atoms with Crippen molar-refractivity contribution >= 4 is 0 Å². The van der Waals surface area contributed by atoms with Crippen LogP contribution in [0.5, 0.6) is 0 Å². The van der Waals surface area contributed by atoms with E-state index in [1.165, 1.54) is 0 Å². The van der Waals surface area contributed by atoms with Crippen LogP contribution in [0.3, 0.4) is 0 Å². The van der Waals surface area contributed by atoms with Gasteiger partial charge in [0.2, 0.25) is 0 Å². The van der Waals surface area contributed by atoms with E-state index in [0.717, 1.165) is 0 Å². The molecule has 0 aliphatic rings. The zero-order valence-electron chi connectivity index (χ0n) is 7.70. The van der Waals surface area contributed by atoms with Crippen LogP contribution in [0.15, 0.2) is 24.3 Å². The third kappa shape index (κ3) is 107. The van der Waals surface area contributed by atoms with Crippen LogP contribution in [0.1, 0.15) is 27.7 Å². The van der Waals surface area contributed by atoms with Crippen LogP contribution in [0.4, 0.5) is 0 Å². The van der Waals surface area contributed by atoms with E-state index < -0.39 is 0 Å². The zero-order valence-corrected chi connectivity index (χ0v) is 12.3. The Bertz CT molecular complexity index is 55.5. The summed E-state index contributed by atoms with van der Waals surface area (Å²) in [5.41, 5.74) is 0. The van der Waals surface area contributed by atoms with E-state index in [2.05, 4.69) is 0 Å². The second-order valence-corrected chi connectivity index (χ2v) is 1.33. The summed E-state index contributed by atoms with van der Waals surface area (Å²) in [5.74, 6) is 0. The molecule has 0 unspecified atom stereocenters. The fraction of sp³-hybridized carbons (Fsp3) is 0.500.